The fraction of sp³-hybridized carbons (Fsp3) is 0.833. The first-order valence-corrected chi connectivity index (χ1v) is 6.13. The number of carboxylic acid groups (broad SMARTS) is 1. The number of amides is 1. The van der Waals surface area contributed by atoms with Gasteiger partial charge in [-0.15, -0.1) is 0 Å². The molecule has 1 fully saturated rings. The van der Waals surface area contributed by atoms with E-state index in [4.69, 9.17) is 9.84 Å². The summed E-state index contributed by atoms with van der Waals surface area (Å²) in [6.07, 6.45) is 3.11. The summed E-state index contributed by atoms with van der Waals surface area (Å²) in [5.74, 6) is -0.268. The van der Waals surface area contributed by atoms with E-state index in [0.717, 1.165) is 26.1 Å². The van der Waals surface area contributed by atoms with E-state index >= 15 is 0 Å². The van der Waals surface area contributed by atoms with Gasteiger partial charge >= 0.3 is 5.97 Å². The topological polar surface area (TPSA) is 66.8 Å². The van der Waals surface area contributed by atoms with Crippen LogP contribution >= 0.6 is 0 Å². The molecule has 1 amide bonds. The maximum atomic E-state index is 11.8. The minimum Gasteiger partial charge on any atom is -0.481 e. The number of rotatable bonds is 6. The van der Waals surface area contributed by atoms with Gasteiger partial charge in [0.05, 0.1) is 0 Å². The summed E-state index contributed by atoms with van der Waals surface area (Å²) in [5, 5.41) is 8.51. The van der Waals surface area contributed by atoms with E-state index < -0.39 is 5.97 Å². The number of carboxylic acids is 1. The van der Waals surface area contributed by atoms with Gasteiger partial charge in [0.15, 0.2) is 0 Å². The van der Waals surface area contributed by atoms with Crippen LogP contribution in [-0.4, -0.2) is 48.7 Å². The van der Waals surface area contributed by atoms with Crippen LogP contribution in [0.1, 0.15) is 32.1 Å². The van der Waals surface area contributed by atoms with Gasteiger partial charge in [0, 0.05) is 39.6 Å². The number of hydrogen-bond donors (Lipinski definition) is 1. The zero-order chi connectivity index (χ0) is 12.7. The van der Waals surface area contributed by atoms with Crippen molar-refractivity contribution < 1.29 is 19.4 Å². The molecule has 1 rings (SSSR count). The molecule has 1 aliphatic heterocycles. The van der Waals surface area contributed by atoms with Crippen molar-refractivity contribution in [1.82, 2.24) is 4.90 Å². The van der Waals surface area contributed by atoms with E-state index in [0.29, 0.717) is 25.3 Å². The third-order valence-electron chi connectivity index (χ3n) is 3.11. The van der Waals surface area contributed by atoms with Crippen molar-refractivity contribution >= 4 is 11.9 Å². The molecule has 5 heteroatoms. The quantitative estimate of drug-likeness (QED) is 0.759. The Kier molecular flexibility index (Phi) is 5.97. The second-order valence-electron chi connectivity index (χ2n) is 4.57. The van der Waals surface area contributed by atoms with Crippen LogP contribution in [0.25, 0.3) is 0 Å². The van der Waals surface area contributed by atoms with Gasteiger partial charge in [0.2, 0.25) is 5.91 Å². The summed E-state index contributed by atoms with van der Waals surface area (Å²) in [6.45, 7) is 2.02. The van der Waals surface area contributed by atoms with E-state index in [-0.39, 0.29) is 12.3 Å². The molecule has 0 saturated carbocycles. The Morgan fingerprint density at radius 2 is 2.00 bits per heavy atom. The Bertz CT molecular complexity index is 261. The smallest absolute Gasteiger partial charge is 0.303 e. The largest absolute Gasteiger partial charge is 0.481 e. The number of hydrogen-bond acceptors (Lipinski definition) is 3. The molecular formula is C12H21NO4. The molecule has 0 aliphatic carbocycles. The minimum absolute atomic E-state index is 0.113. The van der Waals surface area contributed by atoms with Crippen molar-refractivity contribution in [1.29, 1.82) is 0 Å². The number of nitrogens with zero attached hydrogens (tertiary/aromatic N) is 1. The lowest BCUT2D eigenvalue weighted by Crippen LogP contribution is -2.31. The van der Waals surface area contributed by atoms with E-state index in [1.54, 1.807) is 11.9 Å². The second kappa shape index (κ2) is 7.27. The molecule has 0 spiro atoms. The molecule has 17 heavy (non-hydrogen) atoms. The molecule has 0 radical (unpaired) electrons. The Morgan fingerprint density at radius 1 is 1.35 bits per heavy atom. The normalized spacial score (nSPS) is 16.8. The van der Waals surface area contributed by atoms with Crippen LogP contribution in [0, 0.1) is 5.92 Å². The van der Waals surface area contributed by atoms with Crippen LogP contribution in [0.3, 0.4) is 0 Å². The summed E-state index contributed by atoms with van der Waals surface area (Å²) < 4.78 is 5.24. The highest BCUT2D eigenvalue weighted by molar-refractivity contribution is 5.76. The van der Waals surface area contributed by atoms with Gasteiger partial charge in [-0.3, -0.25) is 9.59 Å². The number of carbonyl (C=O) groups excluding carboxylic acids is 1. The maximum Gasteiger partial charge on any atom is 0.303 e. The maximum absolute atomic E-state index is 11.8. The molecule has 0 aromatic carbocycles. The van der Waals surface area contributed by atoms with Crippen LogP contribution in [0.2, 0.25) is 0 Å². The molecule has 0 bridgehead atoms. The van der Waals surface area contributed by atoms with E-state index in [2.05, 4.69) is 0 Å². The van der Waals surface area contributed by atoms with Crippen molar-refractivity contribution in [3.05, 3.63) is 0 Å². The zero-order valence-electron chi connectivity index (χ0n) is 10.4. The molecule has 5 nitrogen and oxygen atoms in total. The second-order valence-corrected chi connectivity index (χ2v) is 4.57. The van der Waals surface area contributed by atoms with Gasteiger partial charge in [-0.2, -0.15) is 0 Å². The lowest BCUT2D eigenvalue weighted by atomic mass is 9.96. The average Bonchev–Trinajstić information content (AvgIpc) is 2.29. The SMILES string of the molecule is CN(CCCC(=O)O)C(=O)CC1CCOCC1. The Labute approximate surface area is 102 Å². The monoisotopic (exact) mass is 243 g/mol. The summed E-state index contributed by atoms with van der Waals surface area (Å²) in [4.78, 5) is 23.8. The average molecular weight is 243 g/mol. The number of aliphatic carboxylic acids is 1. The summed E-state index contributed by atoms with van der Waals surface area (Å²) in [6, 6.07) is 0. The zero-order valence-corrected chi connectivity index (χ0v) is 10.4. The lowest BCUT2D eigenvalue weighted by Gasteiger charge is -2.24. The van der Waals surface area contributed by atoms with Crippen molar-refractivity contribution in [2.75, 3.05) is 26.8 Å². The van der Waals surface area contributed by atoms with Gasteiger partial charge in [0.1, 0.15) is 0 Å². The fourth-order valence-electron chi connectivity index (χ4n) is 1.95. The van der Waals surface area contributed by atoms with Crippen molar-refractivity contribution in [2.24, 2.45) is 5.92 Å². The van der Waals surface area contributed by atoms with E-state index in [1.807, 2.05) is 0 Å². The molecule has 0 aromatic heterocycles. The Hall–Kier alpha value is -1.10. The molecule has 0 atom stereocenters. The van der Waals surface area contributed by atoms with E-state index in [9.17, 15) is 9.59 Å². The van der Waals surface area contributed by atoms with Crippen LogP contribution in [-0.2, 0) is 14.3 Å². The first-order chi connectivity index (χ1) is 8.09. The highest BCUT2D eigenvalue weighted by Crippen LogP contribution is 2.19. The predicted octanol–water partition coefficient (Wildman–Crippen LogP) is 1.13. The van der Waals surface area contributed by atoms with Crippen molar-refractivity contribution in [3.8, 4) is 0 Å². The molecule has 1 aliphatic rings. The lowest BCUT2D eigenvalue weighted by molar-refractivity contribution is -0.138. The Balaban J connectivity index is 2.18. The summed E-state index contributed by atoms with van der Waals surface area (Å²) in [7, 11) is 1.74. The number of ether oxygens (including phenoxy) is 1. The fourth-order valence-corrected chi connectivity index (χ4v) is 1.95. The van der Waals surface area contributed by atoms with Crippen LogP contribution < -0.4 is 0 Å². The van der Waals surface area contributed by atoms with Crippen molar-refractivity contribution in [2.45, 2.75) is 32.1 Å². The molecule has 0 aromatic rings. The standard InChI is InChI=1S/C12H21NO4/c1-13(6-2-3-12(15)16)11(14)9-10-4-7-17-8-5-10/h10H,2-9H2,1H3,(H,15,16). The molecule has 98 valence electrons. The molecule has 1 N–H and O–H groups in total. The molecule has 0 unspecified atom stereocenters. The summed E-state index contributed by atoms with van der Waals surface area (Å²) >= 11 is 0. The van der Waals surface area contributed by atoms with Crippen LogP contribution in [0.4, 0.5) is 0 Å². The van der Waals surface area contributed by atoms with E-state index in [1.165, 1.54) is 0 Å². The van der Waals surface area contributed by atoms with Gasteiger partial charge < -0.3 is 14.7 Å². The van der Waals surface area contributed by atoms with Crippen LogP contribution in [0.15, 0.2) is 0 Å². The van der Waals surface area contributed by atoms with Gasteiger partial charge in [-0.05, 0) is 25.2 Å². The molecule has 1 saturated heterocycles. The molecular weight excluding hydrogens is 222 g/mol. The summed E-state index contributed by atoms with van der Waals surface area (Å²) in [5.41, 5.74) is 0. The van der Waals surface area contributed by atoms with Crippen molar-refractivity contribution in [3.63, 3.8) is 0 Å². The van der Waals surface area contributed by atoms with Gasteiger partial charge in [-0.1, -0.05) is 0 Å². The van der Waals surface area contributed by atoms with Gasteiger partial charge in [-0.25, -0.2) is 0 Å². The third kappa shape index (κ3) is 5.68. The number of carbonyl (C=O) groups is 2. The first-order valence-electron chi connectivity index (χ1n) is 6.13. The first kappa shape index (κ1) is 14.0. The highest BCUT2D eigenvalue weighted by Gasteiger charge is 2.19. The van der Waals surface area contributed by atoms with Gasteiger partial charge in [0.25, 0.3) is 0 Å². The third-order valence-corrected chi connectivity index (χ3v) is 3.11. The Morgan fingerprint density at radius 3 is 2.59 bits per heavy atom. The molecule has 1 heterocycles. The van der Waals surface area contributed by atoms with Crippen LogP contribution in [0.5, 0.6) is 0 Å². The minimum atomic E-state index is -0.810. The predicted molar refractivity (Wildman–Crippen MR) is 62.7 cm³/mol. The highest BCUT2D eigenvalue weighted by atomic mass is 16.5.